The number of rotatable bonds is 4. The Kier molecular flexibility index (Phi) is 5.42. The van der Waals surface area contributed by atoms with Crippen molar-refractivity contribution in [2.75, 3.05) is 32.2 Å². The fourth-order valence-electron chi connectivity index (χ4n) is 3.19. The van der Waals surface area contributed by atoms with Crippen LogP contribution < -0.4 is 19.9 Å². The minimum atomic E-state index is -0.425. The number of ether oxygens (including phenoxy) is 2. The Hall–Kier alpha value is -3.01. The molecule has 0 aliphatic carbocycles. The average molecular weight is 354 g/mol. The number of H-pyrrole nitrogens is 1. The van der Waals surface area contributed by atoms with E-state index in [1.807, 2.05) is 6.07 Å². The van der Waals surface area contributed by atoms with Gasteiger partial charge in [0.15, 0.2) is 11.5 Å². The van der Waals surface area contributed by atoms with Gasteiger partial charge in [-0.2, -0.15) is 5.26 Å². The van der Waals surface area contributed by atoms with Crippen molar-refractivity contribution in [3.05, 3.63) is 34.1 Å². The molecule has 1 fully saturated rings. The summed E-state index contributed by atoms with van der Waals surface area (Å²) in [5.41, 5.74) is 0.570. The summed E-state index contributed by atoms with van der Waals surface area (Å²) in [5, 5.41) is 9.45. The molecule has 0 saturated carbocycles. The van der Waals surface area contributed by atoms with Gasteiger partial charge >= 0.3 is 0 Å². The van der Waals surface area contributed by atoms with Gasteiger partial charge < -0.3 is 14.4 Å². The summed E-state index contributed by atoms with van der Waals surface area (Å²) in [6, 6.07) is 7.22. The third-order valence-corrected chi connectivity index (χ3v) is 4.58. The number of hydrogen-bond acceptors (Lipinski definition) is 6. The largest absolute Gasteiger partial charge is 0.493 e. The normalized spacial score (nSPS) is 14.4. The summed E-state index contributed by atoms with van der Waals surface area (Å²) in [7, 11) is 3.10. The van der Waals surface area contributed by atoms with E-state index >= 15 is 0 Å². The first-order valence-electron chi connectivity index (χ1n) is 8.69. The van der Waals surface area contributed by atoms with Crippen LogP contribution in [0.2, 0.25) is 0 Å². The average Bonchev–Trinajstić information content (AvgIpc) is 2.96. The summed E-state index contributed by atoms with van der Waals surface area (Å²) in [4.78, 5) is 21.9. The number of anilines is 1. The summed E-state index contributed by atoms with van der Waals surface area (Å²) in [6.45, 7) is 1.69. The predicted octanol–water partition coefficient (Wildman–Crippen LogP) is 2.71. The van der Waals surface area contributed by atoms with Crippen molar-refractivity contribution in [1.82, 2.24) is 9.97 Å². The molecule has 7 heteroatoms. The van der Waals surface area contributed by atoms with Gasteiger partial charge in [0, 0.05) is 18.7 Å². The number of methoxy groups -OCH3 is 2. The number of aromatic nitrogens is 2. The van der Waals surface area contributed by atoms with Crippen LogP contribution in [0.25, 0.3) is 11.3 Å². The molecule has 1 saturated heterocycles. The maximum Gasteiger partial charge on any atom is 0.270 e. The first-order chi connectivity index (χ1) is 12.7. The van der Waals surface area contributed by atoms with Gasteiger partial charge in [-0.3, -0.25) is 9.78 Å². The van der Waals surface area contributed by atoms with Crippen LogP contribution in [0.3, 0.4) is 0 Å². The van der Waals surface area contributed by atoms with Gasteiger partial charge in [0.05, 0.1) is 19.9 Å². The molecular formula is C19H22N4O3. The molecule has 1 aromatic carbocycles. The summed E-state index contributed by atoms with van der Waals surface area (Å²) in [6.07, 6.45) is 4.49. The molecule has 0 spiro atoms. The van der Waals surface area contributed by atoms with Crippen LogP contribution in [-0.2, 0) is 0 Å². The van der Waals surface area contributed by atoms with Crippen molar-refractivity contribution in [3.63, 3.8) is 0 Å². The second-order valence-electron chi connectivity index (χ2n) is 6.20. The minimum Gasteiger partial charge on any atom is -0.493 e. The third kappa shape index (κ3) is 3.49. The Morgan fingerprint density at radius 2 is 1.81 bits per heavy atom. The summed E-state index contributed by atoms with van der Waals surface area (Å²) < 4.78 is 10.6. The quantitative estimate of drug-likeness (QED) is 0.908. The van der Waals surface area contributed by atoms with E-state index in [0.717, 1.165) is 25.9 Å². The molecule has 0 atom stereocenters. The molecular weight excluding hydrogens is 332 g/mol. The van der Waals surface area contributed by atoms with Crippen LogP contribution in [0.5, 0.6) is 11.5 Å². The van der Waals surface area contributed by atoms with E-state index in [0.29, 0.717) is 28.7 Å². The van der Waals surface area contributed by atoms with E-state index in [9.17, 15) is 10.1 Å². The van der Waals surface area contributed by atoms with E-state index in [4.69, 9.17) is 9.47 Å². The Bertz CT molecular complexity index is 877. The van der Waals surface area contributed by atoms with E-state index in [2.05, 4.69) is 14.9 Å². The van der Waals surface area contributed by atoms with Gasteiger partial charge in [0.1, 0.15) is 11.6 Å². The Morgan fingerprint density at radius 1 is 1.12 bits per heavy atom. The molecule has 3 rings (SSSR count). The van der Waals surface area contributed by atoms with Crippen LogP contribution in [-0.4, -0.2) is 37.3 Å². The molecule has 26 heavy (non-hydrogen) atoms. The molecule has 0 radical (unpaired) electrons. The summed E-state index contributed by atoms with van der Waals surface area (Å²) in [5.74, 6) is 1.61. The number of hydrogen-bond donors (Lipinski definition) is 1. The number of nitrogens with one attached hydrogen (secondary N) is 1. The SMILES string of the molecule is COc1ccc(-c2nc(N3CCCCCC3)[nH]c(=O)c2C#N)cc1OC. The van der Waals surface area contributed by atoms with Crippen molar-refractivity contribution in [2.24, 2.45) is 0 Å². The molecule has 0 bridgehead atoms. The first-order valence-corrected chi connectivity index (χ1v) is 8.69. The van der Waals surface area contributed by atoms with E-state index in [1.165, 1.54) is 12.8 Å². The zero-order chi connectivity index (χ0) is 18.5. The molecule has 1 aliphatic rings. The second kappa shape index (κ2) is 7.91. The highest BCUT2D eigenvalue weighted by molar-refractivity contribution is 5.70. The molecule has 0 amide bonds. The maximum atomic E-state index is 12.5. The lowest BCUT2D eigenvalue weighted by molar-refractivity contribution is 0.355. The monoisotopic (exact) mass is 354 g/mol. The maximum absolute atomic E-state index is 12.5. The number of nitrogens with zero attached hydrogens (tertiary/aromatic N) is 3. The zero-order valence-electron chi connectivity index (χ0n) is 15.0. The highest BCUT2D eigenvalue weighted by Crippen LogP contribution is 2.32. The molecule has 2 aromatic rings. The van der Waals surface area contributed by atoms with Crippen molar-refractivity contribution in [2.45, 2.75) is 25.7 Å². The molecule has 0 unspecified atom stereocenters. The fraction of sp³-hybridized carbons (Fsp3) is 0.421. The van der Waals surface area contributed by atoms with Crippen LogP contribution in [0, 0.1) is 11.3 Å². The number of aromatic amines is 1. The standard InChI is InChI=1S/C19H22N4O3/c1-25-15-8-7-13(11-16(15)26-2)17-14(12-20)18(24)22-19(21-17)23-9-5-3-4-6-10-23/h7-8,11H,3-6,9-10H2,1-2H3,(H,21,22,24). The Balaban J connectivity index is 2.11. The Labute approximate surface area is 152 Å². The van der Waals surface area contributed by atoms with Gasteiger partial charge in [-0.25, -0.2) is 4.98 Å². The van der Waals surface area contributed by atoms with E-state index in [1.54, 1.807) is 32.4 Å². The molecule has 1 N–H and O–H groups in total. The lowest BCUT2D eigenvalue weighted by Gasteiger charge is -2.21. The highest BCUT2D eigenvalue weighted by Gasteiger charge is 2.19. The van der Waals surface area contributed by atoms with Crippen molar-refractivity contribution in [1.29, 1.82) is 5.26 Å². The first kappa shape index (κ1) is 17.8. The zero-order valence-corrected chi connectivity index (χ0v) is 15.0. The molecule has 136 valence electrons. The topological polar surface area (TPSA) is 91.2 Å². The van der Waals surface area contributed by atoms with Gasteiger partial charge in [-0.1, -0.05) is 12.8 Å². The molecule has 1 aromatic heterocycles. The van der Waals surface area contributed by atoms with Gasteiger partial charge in [-0.05, 0) is 31.0 Å². The summed E-state index contributed by atoms with van der Waals surface area (Å²) >= 11 is 0. The lowest BCUT2D eigenvalue weighted by atomic mass is 10.1. The van der Waals surface area contributed by atoms with Gasteiger partial charge in [-0.15, -0.1) is 0 Å². The van der Waals surface area contributed by atoms with Gasteiger partial charge in [0.2, 0.25) is 5.95 Å². The molecule has 1 aliphatic heterocycles. The van der Waals surface area contributed by atoms with Crippen molar-refractivity contribution in [3.8, 4) is 28.8 Å². The van der Waals surface area contributed by atoms with Gasteiger partial charge in [0.25, 0.3) is 5.56 Å². The number of benzene rings is 1. The molecule has 2 heterocycles. The fourth-order valence-corrected chi connectivity index (χ4v) is 3.19. The van der Waals surface area contributed by atoms with Crippen molar-refractivity contribution < 1.29 is 9.47 Å². The lowest BCUT2D eigenvalue weighted by Crippen LogP contribution is -2.29. The second-order valence-corrected chi connectivity index (χ2v) is 6.20. The smallest absolute Gasteiger partial charge is 0.270 e. The van der Waals surface area contributed by atoms with Crippen LogP contribution in [0.1, 0.15) is 31.2 Å². The van der Waals surface area contributed by atoms with Crippen LogP contribution >= 0.6 is 0 Å². The minimum absolute atomic E-state index is 0.00390. The highest BCUT2D eigenvalue weighted by atomic mass is 16.5. The predicted molar refractivity (Wildman–Crippen MR) is 98.8 cm³/mol. The van der Waals surface area contributed by atoms with E-state index < -0.39 is 5.56 Å². The van der Waals surface area contributed by atoms with E-state index in [-0.39, 0.29) is 5.56 Å². The number of nitriles is 1. The van der Waals surface area contributed by atoms with Crippen LogP contribution in [0.15, 0.2) is 23.0 Å². The van der Waals surface area contributed by atoms with Crippen LogP contribution in [0.4, 0.5) is 5.95 Å². The Morgan fingerprint density at radius 3 is 2.42 bits per heavy atom. The third-order valence-electron chi connectivity index (χ3n) is 4.58. The van der Waals surface area contributed by atoms with Crippen molar-refractivity contribution >= 4 is 5.95 Å². The molecule has 7 nitrogen and oxygen atoms in total.